The molecule has 2 heterocycles. The molecule has 27 heavy (non-hydrogen) atoms. The van der Waals surface area contributed by atoms with Crippen LogP contribution in [0.25, 0.3) is 0 Å². The van der Waals surface area contributed by atoms with Crippen LogP contribution in [0, 0.1) is 5.82 Å². The van der Waals surface area contributed by atoms with Crippen molar-refractivity contribution in [2.45, 2.75) is 5.54 Å². The van der Waals surface area contributed by atoms with Crippen molar-refractivity contribution in [2.75, 3.05) is 25.2 Å². The Morgan fingerprint density at radius 1 is 1.41 bits per heavy atom. The topological polar surface area (TPSA) is 98.8 Å². The molecule has 1 amide bonds. The van der Waals surface area contributed by atoms with Gasteiger partial charge in [0, 0.05) is 23.5 Å². The Labute approximate surface area is 158 Å². The van der Waals surface area contributed by atoms with E-state index in [1.807, 2.05) is 0 Å². The second kappa shape index (κ2) is 7.85. The van der Waals surface area contributed by atoms with E-state index in [0.29, 0.717) is 5.02 Å². The monoisotopic (exact) mass is 396 g/mol. The molecule has 0 radical (unpaired) electrons. The molecule has 0 fully saturated rings. The van der Waals surface area contributed by atoms with Gasteiger partial charge in [0.1, 0.15) is 30.5 Å². The Bertz CT molecular complexity index is 879. The Morgan fingerprint density at radius 3 is 2.89 bits per heavy atom. The van der Waals surface area contributed by atoms with E-state index in [9.17, 15) is 13.6 Å². The molecule has 3 rings (SSSR count). The number of rotatable bonds is 4. The van der Waals surface area contributed by atoms with E-state index >= 15 is 0 Å². The van der Waals surface area contributed by atoms with Crippen molar-refractivity contribution >= 4 is 29.2 Å². The molecule has 0 spiro atoms. The summed E-state index contributed by atoms with van der Waals surface area (Å²) in [6, 6.07) is 6.56. The minimum absolute atomic E-state index is 0.0255. The van der Waals surface area contributed by atoms with Gasteiger partial charge in [-0.15, -0.1) is 0 Å². The number of amides is 1. The zero-order chi connectivity index (χ0) is 19.4. The van der Waals surface area contributed by atoms with Crippen LogP contribution in [0.2, 0.25) is 5.02 Å². The fraction of sp³-hybridized carbons (Fsp3) is 0.235. The van der Waals surface area contributed by atoms with Gasteiger partial charge in [0.05, 0.1) is 11.6 Å². The molecule has 1 aromatic carbocycles. The van der Waals surface area contributed by atoms with Gasteiger partial charge >= 0.3 is 6.09 Å². The molecule has 0 bridgehead atoms. The number of anilines is 1. The first-order valence-corrected chi connectivity index (χ1v) is 8.18. The van der Waals surface area contributed by atoms with Crippen LogP contribution in [0.1, 0.15) is 5.56 Å². The highest BCUT2D eigenvalue weighted by molar-refractivity contribution is 6.30. The third kappa shape index (κ3) is 4.32. The summed E-state index contributed by atoms with van der Waals surface area (Å²) in [7, 11) is 0. The van der Waals surface area contributed by atoms with Crippen molar-refractivity contribution in [3.63, 3.8) is 0 Å². The van der Waals surface area contributed by atoms with Crippen LogP contribution in [0.3, 0.4) is 0 Å². The molecule has 0 aliphatic carbocycles. The summed E-state index contributed by atoms with van der Waals surface area (Å²) >= 11 is 5.71. The number of nitrogens with two attached hydrogens (primary N) is 1. The van der Waals surface area contributed by atoms with Crippen molar-refractivity contribution in [3.8, 4) is 5.88 Å². The number of benzene rings is 1. The van der Waals surface area contributed by atoms with Crippen LogP contribution < -0.4 is 15.8 Å². The summed E-state index contributed by atoms with van der Waals surface area (Å²) in [6.07, 6.45) is 0.455. The summed E-state index contributed by atoms with van der Waals surface area (Å²) in [5.74, 6) is -0.615. The second-order valence-electron chi connectivity index (χ2n) is 5.78. The SMILES string of the molecule is NC1=NC(CF)(c2cc(NC(=O)Oc3ccc(Cl)cn3)ccc2F)COC1. The van der Waals surface area contributed by atoms with Crippen LogP contribution >= 0.6 is 11.6 Å². The lowest BCUT2D eigenvalue weighted by atomic mass is 9.91. The molecule has 0 saturated heterocycles. The number of halogens is 3. The van der Waals surface area contributed by atoms with Gasteiger partial charge in [-0.25, -0.2) is 18.6 Å². The smallest absolute Gasteiger partial charge is 0.391 e. The number of alkyl halides is 1. The van der Waals surface area contributed by atoms with Crippen molar-refractivity contribution < 1.29 is 23.0 Å². The molecular formula is C17H15ClF2N4O3. The molecule has 2 aromatic rings. The predicted molar refractivity (Wildman–Crippen MR) is 95.4 cm³/mol. The minimum Gasteiger partial charge on any atom is -0.391 e. The van der Waals surface area contributed by atoms with Crippen LogP contribution in [0.5, 0.6) is 5.88 Å². The highest BCUT2D eigenvalue weighted by Gasteiger charge is 2.38. The van der Waals surface area contributed by atoms with E-state index in [2.05, 4.69) is 15.3 Å². The number of amidine groups is 1. The van der Waals surface area contributed by atoms with E-state index in [-0.39, 0.29) is 36.2 Å². The summed E-state index contributed by atoms with van der Waals surface area (Å²) < 4.78 is 38.3. The van der Waals surface area contributed by atoms with Gasteiger partial charge in [-0.1, -0.05) is 11.6 Å². The van der Waals surface area contributed by atoms with Crippen molar-refractivity contribution in [2.24, 2.45) is 10.7 Å². The van der Waals surface area contributed by atoms with E-state index in [0.717, 1.165) is 6.07 Å². The normalized spacial score (nSPS) is 19.3. The van der Waals surface area contributed by atoms with Crippen molar-refractivity contribution in [3.05, 3.63) is 52.9 Å². The third-order valence-corrected chi connectivity index (χ3v) is 4.00. The molecule has 1 aromatic heterocycles. The number of carbonyl (C=O) groups excluding carboxylic acids is 1. The van der Waals surface area contributed by atoms with Crippen LogP contribution in [-0.4, -0.2) is 36.8 Å². The van der Waals surface area contributed by atoms with E-state index < -0.39 is 24.1 Å². The van der Waals surface area contributed by atoms with Gasteiger partial charge in [-0.2, -0.15) is 0 Å². The van der Waals surface area contributed by atoms with Gasteiger partial charge in [0.15, 0.2) is 0 Å². The quantitative estimate of drug-likeness (QED) is 0.827. The van der Waals surface area contributed by atoms with Crippen LogP contribution in [0.4, 0.5) is 19.3 Å². The molecular weight excluding hydrogens is 382 g/mol. The lowest BCUT2D eigenvalue weighted by molar-refractivity contribution is 0.0809. The highest BCUT2D eigenvalue weighted by Crippen LogP contribution is 2.33. The summed E-state index contributed by atoms with van der Waals surface area (Å²) in [5.41, 5.74) is 4.10. The first-order valence-electron chi connectivity index (χ1n) is 7.80. The molecule has 7 nitrogen and oxygen atoms in total. The number of hydrogen-bond acceptors (Lipinski definition) is 6. The Hall–Kier alpha value is -2.78. The first-order chi connectivity index (χ1) is 12.9. The first kappa shape index (κ1) is 19.0. The Morgan fingerprint density at radius 2 is 2.22 bits per heavy atom. The maximum absolute atomic E-state index is 14.3. The molecule has 3 N–H and O–H groups in total. The van der Waals surface area contributed by atoms with Gasteiger partial charge in [0.2, 0.25) is 5.88 Å². The molecule has 1 atom stereocenters. The lowest BCUT2D eigenvalue weighted by Crippen LogP contribution is -2.42. The van der Waals surface area contributed by atoms with Crippen LogP contribution in [-0.2, 0) is 10.3 Å². The number of aliphatic imine (C=N–C) groups is 1. The molecule has 142 valence electrons. The van der Waals surface area contributed by atoms with E-state index in [4.69, 9.17) is 26.8 Å². The van der Waals surface area contributed by atoms with Gasteiger partial charge < -0.3 is 15.2 Å². The lowest BCUT2D eigenvalue weighted by Gasteiger charge is -2.31. The van der Waals surface area contributed by atoms with Gasteiger partial charge in [-0.05, 0) is 24.3 Å². The van der Waals surface area contributed by atoms with Gasteiger partial charge in [0.25, 0.3) is 0 Å². The molecule has 1 aliphatic heterocycles. The summed E-state index contributed by atoms with van der Waals surface area (Å²) in [6.45, 7) is -1.15. The second-order valence-corrected chi connectivity index (χ2v) is 6.22. The molecule has 1 unspecified atom stereocenters. The fourth-order valence-electron chi connectivity index (χ4n) is 2.56. The summed E-state index contributed by atoms with van der Waals surface area (Å²) in [4.78, 5) is 19.9. The number of pyridine rings is 1. The number of nitrogens with one attached hydrogen (secondary N) is 1. The van der Waals surface area contributed by atoms with E-state index in [1.165, 1.54) is 30.5 Å². The summed E-state index contributed by atoms with van der Waals surface area (Å²) in [5, 5.41) is 2.81. The Balaban J connectivity index is 1.81. The third-order valence-electron chi connectivity index (χ3n) is 3.78. The zero-order valence-electron chi connectivity index (χ0n) is 13.9. The molecule has 1 aliphatic rings. The number of nitrogens with zero attached hydrogens (tertiary/aromatic N) is 2. The largest absolute Gasteiger partial charge is 0.418 e. The minimum atomic E-state index is -1.61. The maximum atomic E-state index is 14.3. The van der Waals surface area contributed by atoms with E-state index in [1.54, 1.807) is 0 Å². The molecule has 10 heteroatoms. The van der Waals surface area contributed by atoms with Gasteiger partial charge in [-0.3, -0.25) is 10.3 Å². The Kier molecular flexibility index (Phi) is 5.52. The standard InChI is InChI=1S/C17H15ClF2N4O3/c18-10-1-4-15(22-6-10)27-16(25)23-11-2-3-13(20)12(5-11)17(8-19)9-26-7-14(21)24-17/h1-6H,7-9H2,(H2,21,24)(H,23,25). The van der Waals surface area contributed by atoms with Crippen molar-refractivity contribution in [1.82, 2.24) is 4.98 Å². The zero-order valence-corrected chi connectivity index (χ0v) is 14.7. The fourth-order valence-corrected chi connectivity index (χ4v) is 2.67. The predicted octanol–water partition coefficient (Wildman–Crippen LogP) is 3.04. The van der Waals surface area contributed by atoms with Crippen LogP contribution in [0.15, 0.2) is 41.5 Å². The molecule has 0 saturated carbocycles. The number of aromatic nitrogens is 1. The average Bonchev–Trinajstić information content (AvgIpc) is 2.65. The average molecular weight is 397 g/mol. The number of carbonyl (C=O) groups is 1. The maximum Gasteiger partial charge on any atom is 0.418 e. The number of ether oxygens (including phenoxy) is 2. The van der Waals surface area contributed by atoms with Crippen molar-refractivity contribution in [1.29, 1.82) is 0 Å². The number of hydrogen-bond donors (Lipinski definition) is 2. The highest BCUT2D eigenvalue weighted by atomic mass is 35.5.